The molecule has 7 aromatic rings. The van der Waals surface area contributed by atoms with Crippen molar-refractivity contribution < 1.29 is 9.47 Å². The van der Waals surface area contributed by atoms with Gasteiger partial charge in [-0.25, -0.2) is 0 Å². The molecule has 2 aliphatic heterocycles. The molecule has 0 saturated heterocycles. The van der Waals surface area contributed by atoms with Gasteiger partial charge in [0.25, 0.3) is 6.71 Å². The molecule has 1 aromatic heterocycles. The number of rotatable bonds is 2. The first-order valence-electron chi connectivity index (χ1n) is 15.7. The van der Waals surface area contributed by atoms with E-state index in [2.05, 4.69) is 142 Å². The predicted octanol–water partition coefficient (Wildman–Crippen LogP) is 8.72. The van der Waals surface area contributed by atoms with Gasteiger partial charge in [-0.15, -0.1) is 0 Å². The van der Waals surface area contributed by atoms with Crippen LogP contribution in [-0.4, -0.2) is 11.3 Å². The Morgan fingerprint density at radius 3 is 1.53 bits per heavy atom. The zero-order valence-corrected chi connectivity index (χ0v) is 26.2. The average Bonchev–Trinajstić information content (AvgIpc) is 3.32. The summed E-state index contributed by atoms with van der Waals surface area (Å²) < 4.78 is 15.7. The molecule has 9 rings (SSSR count). The molecule has 0 radical (unpaired) electrons. The average molecular weight is 582 g/mol. The summed E-state index contributed by atoms with van der Waals surface area (Å²) in [6, 6.07) is 37.8. The van der Waals surface area contributed by atoms with E-state index in [1.54, 1.807) is 0 Å². The quantitative estimate of drug-likeness (QED) is 0.191. The summed E-state index contributed by atoms with van der Waals surface area (Å²) >= 11 is 0. The van der Waals surface area contributed by atoms with Crippen molar-refractivity contribution in [1.82, 2.24) is 4.57 Å². The first-order chi connectivity index (χ1) is 21.8. The molecule has 3 heterocycles. The summed E-state index contributed by atoms with van der Waals surface area (Å²) in [5.41, 5.74) is 15.5. The normalized spacial score (nSPS) is 12.9. The van der Waals surface area contributed by atoms with Crippen molar-refractivity contribution in [1.29, 1.82) is 0 Å². The first-order valence-corrected chi connectivity index (χ1v) is 15.7. The molecule has 0 unspecified atom stereocenters. The van der Waals surface area contributed by atoms with Gasteiger partial charge in [-0.1, -0.05) is 53.6 Å². The Labute approximate surface area is 263 Å². The second-order valence-electron chi connectivity index (χ2n) is 13.0. The Hall–Kier alpha value is -5.22. The summed E-state index contributed by atoms with van der Waals surface area (Å²) in [7, 11) is 0. The van der Waals surface area contributed by atoms with E-state index in [9.17, 15) is 0 Å². The number of hydrogen-bond donors (Lipinski definition) is 0. The fourth-order valence-corrected chi connectivity index (χ4v) is 7.50. The lowest BCUT2D eigenvalue weighted by Crippen LogP contribution is -2.57. The van der Waals surface area contributed by atoms with Gasteiger partial charge in [-0.05, 0) is 134 Å². The van der Waals surface area contributed by atoms with E-state index in [4.69, 9.17) is 9.47 Å². The number of aromatic nitrogens is 1. The van der Waals surface area contributed by atoms with Crippen molar-refractivity contribution in [2.24, 2.45) is 0 Å². The van der Waals surface area contributed by atoms with Gasteiger partial charge < -0.3 is 14.0 Å². The second kappa shape index (κ2) is 9.39. The fourth-order valence-electron chi connectivity index (χ4n) is 7.50. The van der Waals surface area contributed by atoms with Crippen LogP contribution in [0, 0.1) is 34.6 Å². The van der Waals surface area contributed by atoms with Crippen LogP contribution in [0.4, 0.5) is 0 Å². The number of hydrogen-bond acceptors (Lipinski definition) is 2. The Balaban J connectivity index is 1.21. The molecule has 0 atom stereocenters. The van der Waals surface area contributed by atoms with Crippen LogP contribution in [0.5, 0.6) is 23.0 Å². The molecular weight excluding hydrogens is 549 g/mol. The van der Waals surface area contributed by atoms with Gasteiger partial charge in [-0.2, -0.15) is 0 Å². The molecule has 0 spiro atoms. The van der Waals surface area contributed by atoms with Crippen molar-refractivity contribution in [3.05, 3.63) is 131 Å². The molecule has 0 bridgehead atoms. The van der Waals surface area contributed by atoms with E-state index >= 15 is 0 Å². The Bertz CT molecular complexity index is 2260. The lowest BCUT2D eigenvalue weighted by molar-refractivity contribution is 0.464. The molecule has 0 saturated carbocycles. The Morgan fingerprint density at radius 1 is 0.489 bits per heavy atom. The van der Waals surface area contributed by atoms with Gasteiger partial charge in [0, 0.05) is 21.9 Å². The molecule has 2 aliphatic rings. The van der Waals surface area contributed by atoms with Crippen LogP contribution in [0.2, 0.25) is 0 Å². The number of fused-ring (bicyclic) bond motifs is 7. The molecule has 0 aliphatic carbocycles. The summed E-state index contributed by atoms with van der Waals surface area (Å²) in [5, 5.41) is 2.58. The summed E-state index contributed by atoms with van der Waals surface area (Å²) in [6.07, 6.45) is 0. The predicted molar refractivity (Wildman–Crippen MR) is 188 cm³/mol. The summed E-state index contributed by atoms with van der Waals surface area (Å²) in [5.74, 6) is 3.59. The van der Waals surface area contributed by atoms with E-state index in [0.29, 0.717) is 0 Å². The van der Waals surface area contributed by atoms with Crippen molar-refractivity contribution >= 4 is 44.9 Å². The van der Waals surface area contributed by atoms with Gasteiger partial charge in [0.1, 0.15) is 23.0 Å². The Morgan fingerprint density at radius 2 is 1.00 bits per heavy atom. The molecular formula is C41H32BNO2. The lowest BCUT2D eigenvalue weighted by atomic mass is 9.34. The minimum atomic E-state index is 0.0730. The van der Waals surface area contributed by atoms with Crippen LogP contribution in [0.1, 0.15) is 27.8 Å². The van der Waals surface area contributed by atoms with E-state index < -0.39 is 0 Å². The van der Waals surface area contributed by atoms with Crippen LogP contribution in [0.15, 0.2) is 103 Å². The van der Waals surface area contributed by atoms with Crippen LogP contribution in [-0.2, 0) is 0 Å². The van der Waals surface area contributed by atoms with Gasteiger partial charge in [0.15, 0.2) is 0 Å². The highest BCUT2D eigenvalue weighted by molar-refractivity contribution is 6.98. The van der Waals surface area contributed by atoms with Crippen LogP contribution < -0.4 is 25.9 Å². The largest absolute Gasteiger partial charge is 0.458 e. The summed E-state index contributed by atoms with van der Waals surface area (Å²) in [4.78, 5) is 0. The van der Waals surface area contributed by atoms with Crippen molar-refractivity contribution in [2.75, 3.05) is 0 Å². The summed E-state index contributed by atoms with van der Waals surface area (Å²) in [6.45, 7) is 10.8. The molecule has 0 fully saturated rings. The second-order valence-corrected chi connectivity index (χ2v) is 13.0. The molecule has 3 nitrogen and oxygen atoms in total. The highest BCUT2D eigenvalue weighted by Gasteiger charge is 2.40. The topological polar surface area (TPSA) is 23.4 Å². The van der Waals surface area contributed by atoms with Crippen LogP contribution >= 0.6 is 0 Å². The third-order valence-corrected chi connectivity index (χ3v) is 9.65. The zero-order valence-electron chi connectivity index (χ0n) is 26.2. The molecule has 4 heteroatoms. The van der Waals surface area contributed by atoms with E-state index in [0.717, 1.165) is 39.7 Å². The third kappa shape index (κ3) is 3.91. The van der Waals surface area contributed by atoms with Crippen molar-refractivity contribution in [2.45, 2.75) is 34.6 Å². The SMILES string of the molecule is Cc1ccc2c(c1)Oc1cc(-c3ccc(-n4c5ccc(C)cc5c5cc(C)ccc54)cc3C)cc3c1B2c1ccc(C)cc1O3. The highest BCUT2D eigenvalue weighted by Crippen LogP contribution is 2.40. The number of aryl methyl sites for hydroxylation is 5. The van der Waals surface area contributed by atoms with Crippen molar-refractivity contribution in [3.8, 4) is 39.8 Å². The van der Waals surface area contributed by atoms with Gasteiger partial charge in [-0.3, -0.25) is 0 Å². The van der Waals surface area contributed by atoms with Gasteiger partial charge >= 0.3 is 0 Å². The number of benzene rings is 6. The number of ether oxygens (including phenoxy) is 2. The smallest absolute Gasteiger partial charge is 0.260 e. The van der Waals surface area contributed by atoms with E-state index in [1.165, 1.54) is 66.1 Å². The third-order valence-electron chi connectivity index (χ3n) is 9.65. The molecule has 0 amide bonds. The van der Waals surface area contributed by atoms with E-state index in [-0.39, 0.29) is 6.71 Å². The van der Waals surface area contributed by atoms with Crippen LogP contribution in [0.25, 0.3) is 38.6 Å². The molecule has 216 valence electrons. The van der Waals surface area contributed by atoms with Crippen LogP contribution in [0.3, 0.4) is 0 Å². The molecule has 0 N–H and O–H groups in total. The molecule has 45 heavy (non-hydrogen) atoms. The highest BCUT2D eigenvalue weighted by atomic mass is 16.5. The molecule has 6 aromatic carbocycles. The standard InChI is InChI=1S/C41H32BNO2/c1-23-8-14-35-31(16-23)32-17-24(2)9-15-36(32)43(35)29-10-11-30(27(5)20-29)28-21-39-41-40(22-28)45-38-19-26(4)7-13-34(38)42(41)33-12-6-25(3)18-37(33)44-39/h6-22H,1-5H3. The fraction of sp³-hybridized carbons (Fsp3) is 0.122. The minimum absolute atomic E-state index is 0.0730. The minimum Gasteiger partial charge on any atom is -0.458 e. The lowest BCUT2D eigenvalue weighted by Gasteiger charge is -2.33. The first kappa shape index (κ1) is 26.2. The monoisotopic (exact) mass is 581 g/mol. The van der Waals surface area contributed by atoms with Crippen molar-refractivity contribution in [3.63, 3.8) is 0 Å². The zero-order chi connectivity index (χ0) is 30.6. The maximum absolute atomic E-state index is 6.66. The number of nitrogens with zero attached hydrogens (tertiary/aromatic N) is 1. The maximum atomic E-state index is 6.66. The maximum Gasteiger partial charge on any atom is 0.260 e. The van der Waals surface area contributed by atoms with Gasteiger partial charge in [0.2, 0.25) is 0 Å². The van der Waals surface area contributed by atoms with Gasteiger partial charge in [0.05, 0.1) is 11.0 Å². The van der Waals surface area contributed by atoms with E-state index in [1.807, 2.05) is 0 Å². The Kier molecular flexibility index (Phi) is 5.47.